The smallest absolute Gasteiger partial charge is 0.254 e. The summed E-state index contributed by atoms with van der Waals surface area (Å²) in [6, 6.07) is 11.9. The summed E-state index contributed by atoms with van der Waals surface area (Å²) >= 11 is 0. The molecule has 2 aliphatic rings. The summed E-state index contributed by atoms with van der Waals surface area (Å²) in [7, 11) is -3.78. The molecule has 0 saturated carbocycles. The lowest BCUT2D eigenvalue weighted by atomic mass is 9.99. The van der Waals surface area contributed by atoms with Crippen molar-refractivity contribution in [2.75, 3.05) is 18.0 Å². The van der Waals surface area contributed by atoms with Gasteiger partial charge < -0.3 is 9.80 Å². The SMILES string of the molecule is NS(=O)(=O)c1ccc2c(c1)CN(C(=O)c1ccc(N3CCCC3=O)cc1)CC2. The molecule has 0 aliphatic carbocycles. The lowest BCUT2D eigenvalue weighted by Gasteiger charge is -2.29. The second kappa shape index (κ2) is 7.03. The monoisotopic (exact) mass is 399 g/mol. The van der Waals surface area contributed by atoms with E-state index in [4.69, 9.17) is 5.14 Å². The van der Waals surface area contributed by atoms with Gasteiger partial charge in [-0.2, -0.15) is 0 Å². The molecule has 0 atom stereocenters. The van der Waals surface area contributed by atoms with Crippen molar-refractivity contribution in [3.8, 4) is 0 Å². The van der Waals surface area contributed by atoms with Gasteiger partial charge >= 0.3 is 0 Å². The standard InChI is InChI=1S/C20H21N3O4S/c21-28(26,27)18-8-5-14-9-11-22(13-16(14)12-18)20(25)15-3-6-17(7-4-15)23-10-1-2-19(23)24/h3-8,12H,1-2,9-11,13H2,(H2,21,26,27). The van der Waals surface area contributed by atoms with Gasteiger partial charge in [0.2, 0.25) is 15.9 Å². The molecule has 0 bridgehead atoms. The number of nitrogens with two attached hydrogens (primary N) is 1. The number of hydrogen-bond donors (Lipinski definition) is 1. The zero-order valence-corrected chi connectivity index (χ0v) is 16.1. The molecule has 7 nitrogen and oxygen atoms in total. The quantitative estimate of drug-likeness (QED) is 0.848. The van der Waals surface area contributed by atoms with Crippen LogP contribution in [0.3, 0.4) is 0 Å². The number of carbonyl (C=O) groups excluding carboxylic acids is 2. The lowest BCUT2D eigenvalue weighted by molar-refractivity contribution is -0.117. The molecule has 0 spiro atoms. The number of carbonyl (C=O) groups is 2. The average molecular weight is 399 g/mol. The normalized spacial score (nSPS) is 17.0. The number of hydrogen-bond acceptors (Lipinski definition) is 4. The van der Waals surface area contributed by atoms with Crippen molar-refractivity contribution in [1.29, 1.82) is 0 Å². The summed E-state index contributed by atoms with van der Waals surface area (Å²) < 4.78 is 23.2. The fourth-order valence-corrected chi connectivity index (χ4v) is 4.34. The van der Waals surface area contributed by atoms with E-state index >= 15 is 0 Å². The first-order valence-corrected chi connectivity index (χ1v) is 10.7. The molecule has 2 amide bonds. The van der Waals surface area contributed by atoms with Crippen molar-refractivity contribution in [2.24, 2.45) is 5.14 Å². The molecule has 8 heteroatoms. The zero-order chi connectivity index (χ0) is 19.9. The van der Waals surface area contributed by atoms with Crippen LogP contribution in [0.5, 0.6) is 0 Å². The van der Waals surface area contributed by atoms with Crippen molar-refractivity contribution < 1.29 is 18.0 Å². The highest BCUT2D eigenvalue weighted by Gasteiger charge is 2.25. The molecule has 2 aromatic rings. The summed E-state index contributed by atoms with van der Waals surface area (Å²) in [5.74, 6) is -0.0108. The van der Waals surface area contributed by atoms with Crippen LogP contribution >= 0.6 is 0 Å². The number of fused-ring (bicyclic) bond motifs is 1. The highest BCUT2D eigenvalue weighted by Crippen LogP contribution is 2.25. The third-order valence-corrected chi connectivity index (χ3v) is 6.22. The number of sulfonamides is 1. The summed E-state index contributed by atoms with van der Waals surface area (Å²) in [6.45, 7) is 1.61. The fraction of sp³-hybridized carbons (Fsp3) is 0.300. The largest absolute Gasteiger partial charge is 0.334 e. The molecule has 4 rings (SSSR count). The van der Waals surface area contributed by atoms with Gasteiger partial charge in [-0.05, 0) is 60.4 Å². The number of anilines is 1. The van der Waals surface area contributed by atoms with Gasteiger partial charge in [-0.25, -0.2) is 13.6 Å². The van der Waals surface area contributed by atoms with Crippen LogP contribution in [0.2, 0.25) is 0 Å². The van der Waals surface area contributed by atoms with Crippen LogP contribution in [0.15, 0.2) is 47.4 Å². The van der Waals surface area contributed by atoms with Crippen molar-refractivity contribution in [1.82, 2.24) is 4.90 Å². The van der Waals surface area contributed by atoms with Gasteiger partial charge in [-0.1, -0.05) is 6.07 Å². The Morgan fingerprint density at radius 1 is 0.964 bits per heavy atom. The Morgan fingerprint density at radius 2 is 1.71 bits per heavy atom. The van der Waals surface area contributed by atoms with Gasteiger partial charge in [0.05, 0.1) is 4.90 Å². The second-order valence-electron chi connectivity index (χ2n) is 7.15. The summed E-state index contributed by atoms with van der Waals surface area (Å²) in [4.78, 5) is 28.2. The maximum atomic E-state index is 12.9. The van der Waals surface area contributed by atoms with Gasteiger partial charge in [0, 0.05) is 37.3 Å². The molecule has 2 N–H and O–H groups in total. The number of primary sulfonamides is 1. The van der Waals surface area contributed by atoms with Crippen LogP contribution in [0.25, 0.3) is 0 Å². The Bertz CT molecular complexity index is 1050. The van der Waals surface area contributed by atoms with Gasteiger partial charge in [0.25, 0.3) is 5.91 Å². The Labute approximate surface area is 163 Å². The Kier molecular flexibility index (Phi) is 4.68. The molecule has 2 heterocycles. The van der Waals surface area contributed by atoms with Crippen molar-refractivity contribution >= 4 is 27.5 Å². The van der Waals surface area contributed by atoms with E-state index in [1.165, 1.54) is 6.07 Å². The molecule has 0 aromatic heterocycles. The average Bonchev–Trinajstić information content (AvgIpc) is 3.12. The molecule has 0 unspecified atom stereocenters. The zero-order valence-electron chi connectivity index (χ0n) is 15.3. The first-order valence-electron chi connectivity index (χ1n) is 9.17. The summed E-state index contributed by atoms with van der Waals surface area (Å²) in [5, 5.41) is 5.21. The van der Waals surface area contributed by atoms with Crippen LogP contribution in [0, 0.1) is 0 Å². The lowest BCUT2D eigenvalue weighted by Crippen LogP contribution is -2.36. The molecule has 1 fully saturated rings. The minimum atomic E-state index is -3.78. The molecule has 2 aromatic carbocycles. The molecule has 0 radical (unpaired) electrons. The predicted octanol–water partition coefficient (Wildman–Crippen LogP) is 1.66. The second-order valence-corrected chi connectivity index (χ2v) is 8.71. The van der Waals surface area contributed by atoms with Crippen LogP contribution < -0.4 is 10.0 Å². The molecule has 28 heavy (non-hydrogen) atoms. The first-order chi connectivity index (χ1) is 13.3. The van der Waals surface area contributed by atoms with Gasteiger partial charge in [0.15, 0.2) is 0 Å². The highest BCUT2D eigenvalue weighted by atomic mass is 32.2. The van der Waals surface area contributed by atoms with Crippen molar-refractivity contribution in [3.63, 3.8) is 0 Å². The third kappa shape index (κ3) is 3.53. The molecule has 2 aliphatic heterocycles. The maximum Gasteiger partial charge on any atom is 0.254 e. The van der Waals surface area contributed by atoms with E-state index in [1.807, 2.05) is 0 Å². The van der Waals surface area contributed by atoms with Gasteiger partial charge in [-0.3, -0.25) is 9.59 Å². The minimum absolute atomic E-state index is 0.0557. The predicted molar refractivity (Wildman–Crippen MR) is 104 cm³/mol. The van der Waals surface area contributed by atoms with E-state index in [9.17, 15) is 18.0 Å². The van der Waals surface area contributed by atoms with Gasteiger partial charge in [-0.15, -0.1) is 0 Å². The first kappa shape index (κ1) is 18.6. The third-order valence-electron chi connectivity index (χ3n) is 5.31. The number of amides is 2. The topological polar surface area (TPSA) is 101 Å². The van der Waals surface area contributed by atoms with Crippen LogP contribution in [-0.2, 0) is 27.8 Å². The maximum absolute atomic E-state index is 12.9. The van der Waals surface area contributed by atoms with Crippen molar-refractivity contribution in [2.45, 2.75) is 30.7 Å². The van der Waals surface area contributed by atoms with Gasteiger partial charge in [0.1, 0.15) is 0 Å². The van der Waals surface area contributed by atoms with E-state index in [1.54, 1.807) is 46.2 Å². The number of rotatable bonds is 3. The van der Waals surface area contributed by atoms with Crippen molar-refractivity contribution in [3.05, 3.63) is 59.2 Å². The van der Waals surface area contributed by atoms with E-state index in [0.717, 1.165) is 23.2 Å². The number of benzene rings is 2. The molecular weight excluding hydrogens is 378 g/mol. The minimum Gasteiger partial charge on any atom is -0.334 e. The Morgan fingerprint density at radius 3 is 2.36 bits per heavy atom. The molecular formula is C20H21N3O4S. The van der Waals surface area contributed by atoms with E-state index in [2.05, 4.69) is 0 Å². The van der Waals surface area contributed by atoms with E-state index in [-0.39, 0.29) is 16.7 Å². The van der Waals surface area contributed by atoms with E-state index in [0.29, 0.717) is 38.0 Å². The van der Waals surface area contributed by atoms with Crippen LogP contribution in [-0.4, -0.2) is 38.2 Å². The molecule has 1 saturated heterocycles. The highest BCUT2D eigenvalue weighted by molar-refractivity contribution is 7.89. The fourth-order valence-electron chi connectivity index (χ4n) is 3.77. The molecule has 146 valence electrons. The number of nitrogens with zero attached hydrogens (tertiary/aromatic N) is 2. The van der Waals surface area contributed by atoms with E-state index < -0.39 is 10.0 Å². The Hall–Kier alpha value is -2.71. The summed E-state index contributed by atoms with van der Waals surface area (Å²) in [5.41, 5.74) is 3.17. The summed E-state index contributed by atoms with van der Waals surface area (Å²) in [6.07, 6.45) is 2.08. The van der Waals surface area contributed by atoms with Crippen LogP contribution in [0.1, 0.15) is 34.3 Å². The van der Waals surface area contributed by atoms with Crippen LogP contribution in [0.4, 0.5) is 5.69 Å². The Balaban J connectivity index is 1.52.